The van der Waals surface area contributed by atoms with Crippen molar-refractivity contribution in [3.63, 3.8) is 0 Å². The predicted octanol–water partition coefficient (Wildman–Crippen LogP) is 1.28. The zero-order valence-corrected chi connectivity index (χ0v) is 19.0. The molecule has 0 fully saturated rings. The molecule has 2 heterocycles. The molecule has 0 unspecified atom stereocenters. The molecule has 0 bridgehead atoms. The minimum absolute atomic E-state index is 0.0324. The predicted molar refractivity (Wildman–Crippen MR) is 126 cm³/mol. The topological polar surface area (TPSA) is 149 Å². The molecule has 2 aromatic heterocycles. The zero-order chi connectivity index (χ0) is 24.8. The SMILES string of the molecule is COC(=O)CNC(=O)Cc1cccc(NC(=O)c2cc(NC(=O)c3cc(N)cn3C)cn2C)c1. The van der Waals surface area contributed by atoms with E-state index in [9.17, 15) is 19.2 Å². The van der Waals surface area contributed by atoms with E-state index in [-0.39, 0.29) is 24.8 Å². The first-order valence-corrected chi connectivity index (χ1v) is 10.3. The van der Waals surface area contributed by atoms with Gasteiger partial charge in [-0.25, -0.2) is 0 Å². The Kier molecular flexibility index (Phi) is 7.36. The van der Waals surface area contributed by atoms with Crippen LogP contribution in [0.15, 0.2) is 48.8 Å². The molecule has 0 aliphatic heterocycles. The van der Waals surface area contributed by atoms with Crippen molar-refractivity contribution in [2.75, 3.05) is 30.0 Å². The molecule has 1 aromatic carbocycles. The van der Waals surface area contributed by atoms with Crippen LogP contribution in [0.1, 0.15) is 26.5 Å². The largest absolute Gasteiger partial charge is 0.468 e. The van der Waals surface area contributed by atoms with Crippen molar-refractivity contribution in [2.24, 2.45) is 14.1 Å². The third-order valence-corrected chi connectivity index (χ3v) is 4.96. The minimum atomic E-state index is -0.541. The van der Waals surface area contributed by atoms with Crippen molar-refractivity contribution >= 4 is 40.8 Å². The second kappa shape index (κ2) is 10.4. The maximum Gasteiger partial charge on any atom is 0.325 e. The number of rotatable bonds is 8. The molecule has 3 aromatic rings. The number of aromatic nitrogens is 2. The number of anilines is 3. The van der Waals surface area contributed by atoms with Crippen LogP contribution >= 0.6 is 0 Å². The highest BCUT2D eigenvalue weighted by Gasteiger charge is 2.16. The van der Waals surface area contributed by atoms with E-state index in [1.165, 1.54) is 7.11 Å². The van der Waals surface area contributed by atoms with Crippen molar-refractivity contribution in [3.8, 4) is 0 Å². The number of benzene rings is 1. The summed E-state index contributed by atoms with van der Waals surface area (Å²) in [6, 6.07) is 9.93. The van der Waals surface area contributed by atoms with E-state index < -0.39 is 11.9 Å². The number of ether oxygens (including phenoxy) is 1. The van der Waals surface area contributed by atoms with Gasteiger partial charge in [0, 0.05) is 32.2 Å². The molecule has 3 rings (SSSR count). The third-order valence-electron chi connectivity index (χ3n) is 4.96. The lowest BCUT2D eigenvalue weighted by Crippen LogP contribution is -2.31. The van der Waals surface area contributed by atoms with Crippen LogP contribution in [0.5, 0.6) is 0 Å². The van der Waals surface area contributed by atoms with E-state index in [1.807, 2.05) is 0 Å². The van der Waals surface area contributed by atoms with E-state index >= 15 is 0 Å². The highest BCUT2D eigenvalue weighted by molar-refractivity contribution is 6.07. The third kappa shape index (κ3) is 6.03. The molecule has 34 heavy (non-hydrogen) atoms. The van der Waals surface area contributed by atoms with E-state index in [4.69, 9.17) is 5.73 Å². The normalized spacial score (nSPS) is 10.4. The Labute approximate surface area is 195 Å². The Morgan fingerprint density at radius 2 is 1.56 bits per heavy atom. The second-order valence-electron chi connectivity index (χ2n) is 7.63. The van der Waals surface area contributed by atoms with Crippen LogP contribution in [-0.4, -0.2) is 46.5 Å². The van der Waals surface area contributed by atoms with Crippen LogP contribution in [0, 0.1) is 0 Å². The summed E-state index contributed by atoms with van der Waals surface area (Å²) in [6.07, 6.45) is 3.29. The maximum absolute atomic E-state index is 12.8. The van der Waals surface area contributed by atoms with E-state index in [0.717, 1.165) is 0 Å². The summed E-state index contributed by atoms with van der Waals surface area (Å²) in [5, 5.41) is 8.00. The van der Waals surface area contributed by atoms with Crippen molar-refractivity contribution in [2.45, 2.75) is 6.42 Å². The number of nitrogens with zero attached hydrogens (tertiary/aromatic N) is 2. The minimum Gasteiger partial charge on any atom is -0.468 e. The number of amides is 3. The lowest BCUT2D eigenvalue weighted by atomic mass is 10.1. The van der Waals surface area contributed by atoms with Crippen molar-refractivity contribution in [1.29, 1.82) is 0 Å². The number of nitrogens with two attached hydrogens (primary N) is 1. The Bertz CT molecular complexity index is 1240. The standard InChI is InChI=1S/C23H26N6O5/c1-28-12-15(24)9-18(28)22(32)27-17-10-19(29(2)13-17)23(33)26-16-6-4-5-14(7-16)8-20(30)25-11-21(31)34-3/h4-7,9-10,12-13H,8,11,24H2,1-3H3,(H,25,30)(H,26,33)(H,27,32). The van der Waals surface area contributed by atoms with Gasteiger partial charge in [-0.2, -0.15) is 0 Å². The van der Waals surface area contributed by atoms with Crippen LogP contribution in [0.3, 0.4) is 0 Å². The summed E-state index contributed by atoms with van der Waals surface area (Å²) >= 11 is 0. The monoisotopic (exact) mass is 466 g/mol. The van der Waals surface area contributed by atoms with Gasteiger partial charge in [-0.15, -0.1) is 0 Å². The Morgan fingerprint density at radius 3 is 2.21 bits per heavy atom. The lowest BCUT2D eigenvalue weighted by molar-refractivity contribution is -0.141. The molecule has 0 saturated heterocycles. The zero-order valence-electron chi connectivity index (χ0n) is 19.0. The number of nitrogens with one attached hydrogen (secondary N) is 3. The van der Waals surface area contributed by atoms with Gasteiger partial charge in [-0.1, -0.05) is 12.1 Å². The van der Waals surface area contributed by atoms with Crippen molar-refractivity contribution in [1.82, 2.24) is 14.5 Å². The first-order chi connectivity index (χ1) is 16.2. The molecule has 0 atom stereocenters. The van der Waals surface area contributed by atoms with Gasteiger partial charge < -0.3 is 35.6 Å². The fourth-order valence-corrected chi connectivity index (χ4v) is 3.31. The molecule has 11 nitrogen and oxygen atoms in total. The smallest absolute Gasteiger partial charge is 0.325 e. The average molecular weight is 466 g/mol. The van der Waals surface area contributed by atoms with Gasteiger partial charge in [-0.3, -0.25) is 19.2 Å². The van der Waals surface area contributed by atoms with Crippen LogP contribution in [0.25, 0.3) is 0 Å². The quantitative estimate of drug-likeness (QED) is 0.368. The molecule has 11 heteroatoms. The Morgan fingerprint density at radius 1 is 0.912 bits per heavy atom. The second-order valence-corrected chi connectivity index (χ2v) is 7.63. The van der Waals surface area contributed by atoms with Gasteiger partial charge in [-0.05, 0) is 29.8 Å². The van der Waals surface area contributed by atoms with Crippen LogP contribution in [0.2, 0.25) is 0 Å². The number of esters is 1. The fourth-order valence-electron chi connectivity index (χ4n) is 3.31. The summed E-state index contributed by atoms with van der Waals surface area (Å²) in [6.45, 7) is -0.213. The molecular formula is C23H26N6O5. The Hall–Kier alpha value is -4.54. The molecule has 0 spiro atoms. The highest BCUT2D eigenvalue weighted by atomic mass is 16.5. The van der Waals surface area contributed by atoms with E-state index in [2.05, 4.69) is 20.7 Å². The van der Waals surface area contributed by atoms with E-state index in [1.54, 1.807) is 72.0 Å². The van der Waals surface area contributed by atoms with Gasteiger partial charge in [0.05, 0.1) is 24.9 Å². The average Bonchev–Trinajstić information content (AvgIpc) is 3.32. The number of carbonyl (C=O) groups excluding carboxylic acids is 4. The molecule has 0 aliphatic rings. The Balaban J connectivity index is 1.63. The summed E-state index contributed by atoms with van der Waals surface area (Å²) in [5.74, 6) is -1.63. The first kappa shape index (κ1) is 24.1. The highest BCUT2D eigenvalue weighted by Crippen LogP contribution is 2.18. The molecule has 178 valence electrons. The van der Waals surface area contributed by atoms with Crippen LogP contribution in [-0.2, 0) is 34.8 Å². The number of aryl methyl sites for hydroxylation is 2. The van der Waals surface area contributed by atoms with Crippen molar-refractivity contribution in [3.05, 3.63) is 65.7 Å². The number of hydrogen-bond donors (Lipinski definition) is 4. The maximum atomic E-state index is 12.8. The lowest BCUT2D eigenvalue weighted by Gasteiger charge is -2.08. The molecule has 3 amide bonds. The molecule has 5 N–H and O–H groups in total. The molecule has 0 aliphatic carbocycles. The van der Waals surface area contributed by atoms with Gasteiger partial charge >= 0.3 is 5.97 Å². The first-order valence-electron chi connectivity index (χ1n) is 10.3. The number of carbonyl (C=O) groups is 4. The van der Waals surface area contributed by atoms with Gasteiger partial charge in [0.1, 0.15) is 17.9 Å². The summed E-state index contributed by atoms with van der Waals surface area (Å²) in [4.78, 5) is 48.4. The number of methoxy groups -OCH3 is 1. The summed E-state index contributed by atoms with van der Waals surface area (Å²) in [7, 11) is 4.64. The van der Waals surface area contributed by atoms with Crippen LogP contribution in [0.4, 0.5) is 17.1 Å². The summed E-state index contributed by atoms with van der Waals surface area (Å²) in [5.41, 5.74) is 8.51. The van der Waals surface area contributed by atoms with E-state index in [0.29, 0.717) is 34.0 Å². The van der Waals surface area contributed by atoms with Crippen molar-refractivity contribution < 1.29 is 23.9 Å². The van der Waals surface area contributed by atoms with Gasteiger partial charge in [0.2, 0.25) is 5.91 Å². The number of hydrogen-bond acceptors (Lipinski definition) is 6. The van der Waals surface area contributed by atoms with Gasteiger partial charge in [0.25, 0.3) is 11.8 Å². The molecule has 0 radical (unpaired) electrons. The molecular weight excluding hydrogens is 440 g/mol. The summed E-state index contributed by atoms with van der Waals surface area (Å²) < 4.78 is 7.69. The van der Waals surface area contributed by atoms with Crippen LogP contribution < -0.4 is 21.7 Å². The fraction of sp³-hybridized carbons (Fsp3) is 0.217. The molecule has 0 saturated carbocycles. The van der Waals surface area contributed by atoms with Gasteiger partial charge in [0.15, 0.2) is 0 Å². The number of nitrogen functional groups attached to an aromatic ring is 1.